The summed E-state index contributed by atoms with van der Waals surface area (Å²) in [4.78, 5) is 38.1. The van der Waals surface area contributed by atoms with Gasteiger partial charge in [0.2, 0.25) is 11.8 Å². The van der Waals surface area contributed by atoms with E-state index in [2.05, 4.69) is 5.32 Å². The molecule has 0 radical (unpaired) electrons. The number of Topliss-reactive ketones (excluding diaryl/α,β-unsaturated/α-hetero) is 1. The lowest BCUT2D eigenvalue weighted by Crippen LogP contribution is -2.28. The molecule has 2 aromatic carbocycles. The third-order valence-corrected chi connectivity index (χ3v) is 4.70. The van der Waals surface area contributed by atoms with Crippen LogP contribution in [0.5, 0.6) is 5.75 Å². The van der Waals surface area contributed by atoms with E-state index in [0.29, 0.717) is 27.7 Å². The summed E-state index contributed by atoms with van der Waals surface area (Å²) < 4.78 is 5.30. The van der Waals surface area contributed by atoms with Crippen molar-refractivity contribution in [2.75, 3.05) is 23.9 Å². The predicted octanol–water partition coefficient (Wildman–Crippen LogP) is 3.54. The Bertz CT molecular complexity index is 913. The number of halogens is 1. The van der Waals surface area contributed by atoms with Crippen LogP contribution in [0.1, 0.15) is 23.7 Å². The van der Waals surface area contributed by atoms with Gasteiger partial charge in [0.05, 0.1) is 18.7 Å². The third-order valence-electron chi connectivity index (χ3n) is 4.46. The normalized spacial score (nSPS) is 16.3. The van der Waals surface area contributed by atoms with E-state index in [1.54, 1.807) is 42.5 Å². The van der Waals surface area contributed by atoms with E-state index in [0.717, 1.165) is 0 Å². The molecule has 1 fully saturated rings. The van der Waals surface area contributed by atoms with Crippen molar-refractivity contribution < 1.29 is 19.1 Å². The standard InChI is InChI=1S/C20H19ClN2O4/c1-12(24)13-4-3-5-16(8-13)22-20(26)14-9-19(25)23(11-14)17-10-15(21)6-7-18(17)27-2/h3-8,10,14H,9,11H2,1-2H3,(H,22,26)/t14-/m1/s1. The number of ether oxygens (including phenoxy) is 1. The minimum Gasteiger partial charge on any atom is -0.495 e. The minimum atomic E-state index is -0.512. The van der Waals surface area contributed by atoms with Crippen molar-refractivity contribution in [1.29, 1.82) is 0 Å². The third kappa shape index (κ3) is 4.11. The lowest BCUT2D eigenvalue weighted by Gasteiger charge is -2.20. The zero-order valence-electron chi connectivity index (χ0n) is 15.0. The first-order valence-corrected chi connectivity index (χ1v) is 8.82. The number of hydrogen-bond donors (Lipinski definition) is 1. The summed E-state index contributed by atoms with van der Waals surface area (Å²) in [6, 6.07) is 11.7. The summed E-state index contributed by atoms with van der Waals surface area (Å²) in [5.41, 5.74) is 1.59. The molecule has 0 aliphatic carbocycles. The molecule has 7 heteroatoms. The SMILES string of the molecule is COc1ccc(Cl)cc1N1C[C@H](C(=O)Nc2cccc(C(C)=O)c2)CC1=O. The maximum Gasteiger partial charge on any atom is 0.229 e. The molecule has 0 spiro atoms. The number of hydrogen-bond acceptors (Lipinski definition) is 4. The summed E-state index contributed by atoms with van der Waals surface area (Å²) in [5.74, 6) is -0.521. The molecule has 2 aromatic rings. The number of anilines is 2. The highest BCUT2D eigenvalue weighted by Crippen LogP contribution is 2.35. The first-order valence-electron chi connectivity index (χ1n) is 8.45. The second-order valence-corrected chi connectivity index (χ2v) is 6.78. The fourth-order valence-electron chi connectivity index (χ4n) is 3.05. The first kappa shape index (κ1) is 18.9. The van der Waals surface area contributed by atoms with Crippen molar-refractivity contribution in [3.8, 4) is 5.75 Å². The average molecular weight is 387 g/mol. The number of amides is 2. The molecule has 1 saturated heterocycles. The Morgan fingerprint density at radius 2 is 2.00 bits per heavy atom. The Morgan fingerprint density at radius 1 is 1.22 bits per heavy atom. The van der Waals surface area contributed by atoms with Gasteiger partial charge >= 0.3 is 0 Å². The van der Waals surface area contributed by atoms with Gasteiger partial charge in [0, 0.05) is 29.2 Å². The van der Waals surface area contributed by atoms with E-state index in [9.17, 15) is 14.4 Å². The molecule has 0 saturated carbocycles. The van der Waals surface area contributed by atoms with Crippen LogP contribution in [0.15, 0.2) is 42.5 Å². The highest BCUT2D eigenvalue weighted by Gasteiger charge is 2.36. The van der Waals surface area contributed by atoms with Gasteiger partial charge in [-0.15, -0.1) is 0 Å². The molecule has 6 nitrogen and oxygen atoms in total. The fourth-order valence-corrected chi connectivity index (χ4v) is 3.22. The molecule has 1 atom stereocenters. The Kier molecular flexibility index (Phi) is 5.46. The second-order valence-electron chi connectivity index (χ2n) is 6.35. The summed E-state index contributed by atoms with van der Waals surface area (Å²) in [7, 11) is 1.51. The van der Waals surface area contributed by atoms with Crippen LogP contribution in [-0.2, 0) is 9.59 Å². The maximum atomic E-state index is 12.6. The van der Waals surface area contributed by atoms with Gasteiger partial charge in [-0.05, 0) is 37.3 Å². The molecule has 3 rings (SSSR count). The Balaban J connectivity index is 1.75. The van der Waals surface area contributed by atoms with Gasteiger partial charge in [-0.25, -0.2) is 0 Å². The van der Waals surface area contributed by atoms with Gasteiger partial charge in [0.1, 0.15) is 5.75 Å². The molecule has 0 unspecified atom stereocenters. The van der Waals surface area contributed by atoms with E-state index in [1.807, 2.05) is 0 Å². The van der Waals surface area contributed by atoms with Crippen LogP contribution in [-0.4, -0.2) is 31.3 Å². The topological polar surface area (TPSA) is 75.7 Å². The average Bonchev–Trinajstić information content (AvgIpc) is 3.03. The zero-order valence-corrected chi connectivity index (χ0v) is 15.7. The molecular formula is C20H19ClN2O4. The van der Waals surface area contributed by atoms with Crippen molar-refractivity contribution in [2.45, 2.75) is 13.3 Å². The van der Waals surface area contributed by atoms with Gasteiger partial charge in [0.25, 0.3) is 0 Å². The number of benzene rings is 2. The van der Waals surface area contributed by atoms with Crippen molar-refractivity contribution in [3.05, 3.63) is 53.1 Å². The molecule has 0 aromatic heterocycles. The van der Waals surface area contributed by atoms with Crippen molar-refractivity contribution in [1.82, 2.24) is 0 Å². The highest BCUT2D eigenvalue weighted by atomic mass is 35.5. The van der Waals surface area contributed by atoms with E-state index in [4.69, 9.17) is 16.3 Å². The van der Waals surface area contributed by atoms with E-state index in [1.165, 1.54) is 18.9 Å². The van der Waals surface area contributed by atoms with E-state index >= 15 is 0 Å². The molecule has 0 bridgehead atoms. The summed E-state index contributed by atoms with van der Waals surface area (Å²) in [6.45, 7) is 1.70. The minimum absolute atomic E-state index is 0.0821. The quantitative estimate of drug-likeness (QED) is 0.797. The fraction of sp³-hybridized carbons (Fsp3) is 0.250. The Morgan fingerprint density at radius 3 is 2.70 bits per heavy atom. The lowest BCUT2D eigenvalue weighted by atomic mass is 10.1. The predicted molar refractivity (Wildman–Crippen MR) is 104 cm³/mol. The van der Waals surface area contributed by atoms with Crippen molar-refractivity contribution >= 4 is 40.6 Å². The van der Waals surface area contributed by atoms with Gasteiger partial charge in [-0.1, -0.05) is 23.7 Å². The molecule has 27 heavy (non-hydrogen) atoms. The molecular weight excluding hydrogens is 368 g/mol. The maximum absolute atomic E-state index is 12.6. The Labute approximate surface area is 162 Å². The Hall–Kier alpha value is -2.86. The van der Waals surface area contributed by atoms with Gasteiger partial charge < -0.3 is 15.0 Å². The number of carbonyl (C=O) groups excluding carboxylic acids is 3. The van der Waals surface area contributed by atoms with Crippen LogP contribution in [0.3, 0.4) is 0 Å². The molecule has 2 amide bonds. The first-order chi connectivity index (χ1) is 12.9. The highest BCUT2D eigenvalue weighted by molar-refractivity contribution is 6.31. The summed E-state index contributed by atoms with van der Waals surface area (Å²) >= 11 is 6.05. The van der Waals surface area contributed by atoms with Crippen LogP contribution in [0.4, 0.5) is 11.4 Å². The van der Waals surface area contributed by atoms with Crippen LogP contribution in [0.2, 0.25) is 5.02 Å². The van der Waals surface area contributed by atoms with Crippen molar-refractivity contribution in [2.24, 2.45) is 5.92 Å². The van der Waals surface area contributed by atoms with Crippen LogP contribution < -0.4 is 15.0 Å². The largest absolute Gasteiger partial charge is 0.495 e. The number of carbonyl (C=O) groups is 3. The summed E-state index contributed by atoms with van der Waals surface area (Å²) in [6.07, 6.45) is 0.0912. The number of ketones is 1. The number of nitrogens with one attached hydrogen (secondary N) is 1. The molecule has 1 aliphatic heterocycles. The van der Waals surface area contributed by atoms with Crippen LogP contribution >= 0.6 is 11.6 Å². The smallest absolute Gasteiger partial charge is 0.229 e. The molecule has 140 valence electrons. The zero-order chi connectivity index (χ0) is 19.6. The van der Waals surface area contributed by atoms with Gasteiger partial charge in [0.15, 0.2) is 5.78 Å². The van der Waals surface area contributed by atoms with Gasteiger partial charge in [-0.3, -0.25) is 14.4 Å². The van der Waals surface area contributed by atoms with Gasteiger partial charge in [-0.2, -0.15) is 0 Å². The lowest BCUT2D eigenvalue weighted by molar-refractivity contribution is -0.122. The van der Waals surface area contributed by atoms with Crippen LogP contribution in [0.25, 0.3) is 0 Å². The van der Waals surface area contributed by atoms with Crippen LogP contribution in [0, 0.1) is 5.92 Å². The monoisotopic (exact) mass is 386 g/mol. The molecule has 1 aliphatic rings. The van der Waals surface area contributed by atoms with E-state index in [-0.39, 0.29) is 30.6 Å². The number of nitrogens with zero attached hydrogens (tertiary/aromatic N) is 1. The summed E-state index contributed by atoms with van der Waals surface area (Å²) in [5, 5.41) is 3.26. The molecule has 1 N–H and O–H groups in total. The van der Waals surface area contributed by atoms with E-state index < -0.39 is 5.92 Å². The number of rotatable bonds is 5. The number of methoxy groups -OCH3 is 1. The second kappa shape index (κ2) is 7.80. The molecule has 1 heterocycles. The van der Waals surface area contributed by atoms with Crippen molar-refractivity contribution in [3.63, 3.8) is 0 Å².